The van der Waals surface area contributed by atoms with Gasteiger partial charge in [0.25, 0.3) is 0 Å². The summed E-state index contributed by atoms with van der Waals surface area (Å²) >= 11 is 0. The van der Waals surface area contributed by atoms with E-state index < -0.39 is 29.5 Å². The maximum atomic E-state index is 13.4. The first-order valence-corrected chi connectivity index (χ1v) is 8.28. The van der Waals surface area contributed by atoms with Crippen molar-refractivity contribution in [2.24, 2.45) is 5.92 Å². The van der Waals surface area contributed by atoms with E-state index in [2.05, 4.69) is 10.6 Å². The Hall–Kier alpha value is -2.51. The van der Waals surface area contributed by atoms with Gasteiger partial charge in [0, 0.05) is 31.3 Å². The Morgan fingerprint density at radius 1 is 1.16 bits per heavy atom. The highest BCUT2D eigenvalue weighted by atomic mass is 19.1. The minimum Gasteiger partial charge on any atom is -0.354 e. The number of hydrogen-bond acceptors (Lipinski definition) is 3. The predicted molar refractivity (Wildman–Crippen MR) is 85.6 cm³/mol. The minimum absolute atomic E-state index is 0.0297. The van der Waals surface area contributed by atoms with E-state index in [-0.39, 0.29) is 30.5 Å². The third-order valence-corrected chi connectivity index (χ3v) is 4.51. The third-order valence-electron chi connectivity index (χ3n) is 4.51. The highest BCUT2D eigenvalue weighted by molar-refractivity contribution is 6.01. The van der Waals surface area contributed by atoms with Crippen LogP contribution in [-0.2, 0) is 14.4 Å². The number of amides is 3. The lowest BCUT2D eigenvalue weighted by Gasteiger charge is -2.19. The van der Waals surface area contributed by atoms with Gasteiger partial charge < -0.3 is 15.5 Å². The summed E-state index contributed by atoms with van der Waals surface area (Å²) in [6, 6.07) is 2.23. The lowest BCUT2D eigenvalue weighted by atomic mass is 10.1. The molecular weight excluding hydrogens is 332 g/mol. The Labute approximate surface area is 143 Å². The summed E-state index contributed by atoms with van der Waals surface area (Å²) in [6.45, 7) is 0.619. The molecule has 0 radical (unpaired) electrons. The molecule has 3 rings (SSSR count). The summed E-state index contributed by atoms with van der Waals surface area (Å²) in [6.07, 6.45) is 2.18. The van der Waals surface area contributed by atoms with Crippen LogP contribution in [0, 0.1) is 17.6 Å². The smallest absolute Gasteiger partial charge is 0.242 e. The zero-order valence-electron chi connectivity index (χ0n) is 13.6. The predicted octanol–water partition coefficient (Wildman–Crippen LogP) is 1.10. The molecule has 2 aliphatic rings. The van der Waals surface area contributed by atoms with Crippen LogP contribution in [0.3, 0.4) is 0 Å². The Morgan fingerprint density at radius 2 is 1.88 bits per heavy atom. The van der Waals surface area contributed by atoms with Gasteiger partial charge in [-0.3, -0.25) is 14.4 Å². The molecule has 134 valence electrons. The minimum atomic E-state index is -0.786. The van der Waals surface area contributed by atoms with E-state index in [1.54, 1.807) is 0 Å². The summed E-state index contributed by atoms with van der Waals surface area (Å²) < 4.78 is 26.7. The van der Waals surface area contributed by atoms with Gasteiger partial charge in [0.15, 0.2) is 0 Å². The standard InChI is InChI=1S/C17H19F2N3O3/c18-11-6-12(19)8-13(7-11)22-9-10(5-15(22)23)16(24)21-14-3-1-2-4-20-17(14)25/h6-8,10,14H,1-5,9H2,(H,20,25)(H,21,24). The number of nitrogens with one attached hydrogen (secondary N) is 2. The number of nitrogens with zero attached hydrogens (tertiary/aromatic N) is 1. The molecule has 2 aliphatic heterocycles. The highest BCUT2D eigenvalue weighted by Crippen LogP contribution is 2.27. The lowest BCUT2D eigenvalue weighted by Crippen LogP contribution is -2.47. The van der Waals surface area contributed by atoms with Gasteiger partial charge in [-0.05, 0) is 31.4 Å². The average Bonchev–Trinajstić information content (AvgIpc) is 2.83. The lowest BCUT2D eigenvalue weighted by molar-refractivity contribution is -0.131. The van der Waals surface area contributed by atoms with Crippen LogP contribution in [0.25, 0.3) is 0 Å². The molecule has 2 atom stereocenters. The fourth-order valence-electron chi connectivity index (χ4n) is 3.19. The van der Waals surface area contributed by atoms with Crippen LogP contribution in [0.5, 0.6) is 0 Å². The van der Waals surface area contributed by atoms with Crippen molar-refractivity contribution in [3.05, 3.63) is 29.8 Å². The second-order valence-corrected chi connectivity index (χ2v) is 6.38. The van der Waals surface area contributed by atoms with E-state index in [1.807, 2.05) is 0 Å². The third kappa shape index (κ3) is 3.94. The molecule has 6 nitrogen and oxygen atoms in total. The summed E-state index contributed by atoms with van der Waals surface area (Å²) in [5.74, 6) is -3.23. The molecule has 0 bridgehead atoms. The Kier molecular flexibility index (Phi) is 4.96. The van der Waals surface area contributed by atoms with Crippen molar-refractivity contribution in [1.82, 2.24) is 10.6 Å². The average molecular weight is 351 g/mol. The Bertz CT molecular complexity index is 690. The molecular formula is C17H19F2N3O3. The van der Waals surface area contributed by atoms with Crippen LogP contribution in [-0.4, -0.2) is 36.9 Å². The highest BCUT2D eigenvalue weighted by Gasteiger charge is 2.37. The van der Waals surface area contributed by atoms with E-state index in [1.165, 1.54) is 4.90 Å². The molecule has 2 fully saturated rings. The molecule has 25 heavy (non-hydrogen) atoms. The molecule has 3 amide bonds. The van der Waals surface area contributed by atoms with Crippen molar-refractivity contribution in [2.75, 3.05) is 18.0 Å². The van der Waals surface area contributed by atoms with Crippen LogP contribution in [0.1, 0.15) is 25.7 Å². The van der Waals surface area contributed by atoms with Gasteiger partial charge in [-0.1, -0.05) is 0 Å². The summed E-state index contributed by atoms with van der Waals surface area (Å²) in [7, 11) is 0. The quantitative estimate of drug-likeness (QED) is 0.856. The van der Waals surface area contributed by atoms with Crippen LogP contribution in [0.15, 0.2) is 18.2 Å². The number of carbonyl (C=O) groups excluding carboxylic acids is 3. The van der Waals surface area contributed by atoms with Gasteiger partial charge in [0.2, 0.25) is 17.7 Å². The molecule has 2 unspecified atom stereocenters. The number of hydrogen-bond donors (Lipinski definition) is 2. The normalized spacial score (nSPS) is 24.0. The summed E-state index contributed by atoms with van der Waals surface area (Å²) in [4.78, 5) is 37.7. The second kappa shape index (κ2) is 7.16. The Balaban J connectivity index is 1.67. The van der Waals surface area contributed by atoms with Crippen molar-refractivity contribution >= 4 is 23.4 Å². The SMILES string of the molecule is O=C(NC1CCCCNC1=O)C1CC(=O)N(c2cc(F)cc(F)c2)C1. The van der Waals surface area contributed by atoms with Gasteiger partial charge in [-0.15, -0.1) is 0 Å². The van der Waals surface area contributed by atoms with Crippen LogP contribution >= 0.6 is 0 Å². The van der Waals surface area contributed by atoms with Crippen LogP contribution < -0.4 is 15.5 Å². The molecule has 2 N–H and O–H groups in total. The van der Waals surface area contributed by atoms with Crippen molar-refractivity contribution < 1.29 is 23.2 Å². The monoisotopic (exact) mass is 351 g/mol. The van der Waals surface area contributed by atoms with E-state index >= 15 is 0 Å². The molecule has 8 heteroatoms. The molecule has 0 saturated carbocycles. The van der Waals surface area contributed by atoms with E-state index in [0.717, 1.165) is 31.0 Å². The largest absolute Gasteiger partial charge is 0.354 e. The van der Waals surface area contributed by atoms with Crippen LogP contribution in [0.4, 0.5) is 14.5 Å². The van der Waals surface area contributed by atoms with E-state index in [4.69, 9.17) is 0 Å². The molecule has 2 heterocycles. The van der Waals surface area contributed by atoms with Crippen molar-refractivity contribution in [3.8, 4) is 0 Å². The fourth-order valence-corrected chi connectivity index (χ4v) is 3.19. The molecule has 0 spiro atoms. The zero-order valence-corrected chi connectivity index (χ0v) is 13.6. The van der Waals surface area contributed by atoms with Crippen molar-refractivity contribution in [2.45, 2.75) is 31.7 Å². The molecule has 0 aliphatic carbocycles. The van der Waals surface area contributed by atoms with Gasteiger partial charge in [0.05, 0.1) is 5.92 Å². The molecule has 1 aromatic carbocycles. The van der Waals surface area contributed by atoms with Gasteiger partial charge in [-0.2, -0.15) is 0 Å². The van der Waals surface area contributed by atoms with E-state index in [9.17, 15) is 23.2 Å². The van der Waals surface area contributed by atoms with Gasteiger partial charge in [-0.25, -0.2) is 8.78 Å². The van der Waals surface area contributed by atoms with Crippen LogP contribution in [0.2, 0.25) is 0 Å². The molecule has 0 aromatic heterocycles. The first-order chi connectivity index (χ1) is 11.9. The molecule has 2 saturated heterocycles. The number of rotatable bonds is 3. The first-order valence-electron chi connectivity index (χ1n) is 8.28. The maximum absolute atomic E-state index is 13.4. The van der Waals surface area contributed by atoms with Gasteiger partial charge >= 0.3 is 0 Å². The Morgan fingerprint density at radius 3 is 2.60 bits per heavy atom. The topological polar surface area (TPSA) is 78.5 Å². The summed E-state index contributed by atoms with van der Waals surface area (Å²) in [5, 5.41) is 5.42. The first kappa shape index (κ1) is 17.3. The zero-order chi connectivity index (χ0) is 18.0. The number of benzene rings is 1. The van der Waals surface area contributed by atoms with E-state index in [0.29, 0.717) is 13.0 Å². The maximum Gasteiger partial charge on any atom is 0.242 e. The summed E-state index contributed by atoms with van der Waals surface area (Å²) in [5.41, 5.74) is 0.0880. The number of anilines is 1. The second-order valence-electron chi connectivity index (χ2n) is 6.38. The fraction of sp³-hybridized carbons (Fsp3) is 0.471. The number of carbonyl (C=O) groups is 3. The van der Waals surface area contributed by atoms with Gasteiger partial charge in [0.1, 0.15) is 17.7 Å². The number of halogens is 2. The van der Waals surface area contributed by atoms with Crippen molar-refractivity contribution in [3.63, 3.8) is 0 Å². The molecule has 1 aromatic rings. The van der Waals surface area contributed by atoms with Crippen molar-refractivity contribution in [1.29, 1.82) is 0 Å².